The number of nitrogens with one attached hydrogen (secondary N) is 1. The van der Waals surface area contributed by atoms with E-state index in [1.54, 1.807) is 0 Å². The molecule has 1 aliphatic rings. The summed E-state index contributed by atoms with van der Waals surface area (Å²) < 4.78 is 0. The number of rotatable bonds is 8. The fourth-order valence-corrected chi connectivity index (χ4v) is 2.65. The molecule has 3 N–H and O–H groups in total. The van der Waals surface area contributed by atoms with Crippen molar-refractivity contribution >= 4 is 0 Å². The molecule has 2 atom stereocenters. The van der Waals surface area contributed by atoms with Gasteiger partial charge in [-0.3, -0.25) is 4.90 Å². The lowest BCUT2D eigenvalue weighted by Crippen LogP contribution is -2.49. The highest BCUT2D eigenvalue weighted by Gasteiger charge is 2.26. The number of aliphatic hydroxyl groups excluding tert-OH is 2. The van der Waals surface area contributed by atoms with Crippen molar-refractivity contribution in [2.24, 2.45) is 5.92 Å². The zero-order valence-corrected chi connectivity index (χ0v) is 11.0. The summed E-state index contributed by atoms with van der Waals surface area (Å²) in [6.45, 7) is 3.65. The maximum atomic E-state index is 8.90. The average Bonchev–Trinajstić information content (AvgIpc) is 2.37. The molecular weight excluding hydrogens is 230 g/mol. The predicted octanol–water partition coefficient (Wildman–Crippen LogP) is -0.0550. The van der Waals surface area contributed by atoms with E-state index >= 15 is 0 Å². The van der Waals surface area contributed by atoms with Crippen LogP contribution in [0.25, 0.3) is 0 Å². The van der Waals surface area contributed by atoms with Crippen LogP contribution in [-0.2, 0) is 0 Å². The number of piperidine rings is 1. The molecule has 0 saturated carbocycles. The lowest BCUT2D eigenvalue weighted by molar-refractivity contribution is 0.141. The third-order valence-corrected chi connectivity index (χ3v) is 3.45. The van der Waals surface area contributed by atoms with E-state index in [4.69, 9.17) is 15.5 Å². The largest absolute Gasteiger partial charge is 0.396 e. The van der Waals surface area contributed by atoms with Crippen LogP contribution >= 0.6 is 0 Å². The second-order valence-electron chi connectivity index (χ2n) is 5.05. The topological polar surface area (TPSA) is 79.5 Å². The zero-order chi connectivity index (χ0) is 13.2. The second kappa shape index (κ2) is 9.29. The lowest BCUT2D eigenvalue weighted by atomic mass is 9.90. The van der Waals surface area contributed by atoms with Crippen LogP contribution < -0.4 is 5.32 Å². The molecular formula is C13H25N3O2. The Labute approximate surface area is 109 Å². The molecule has 18 heavy (non-hydrogen) atoms. The number of nitriles is 1. The van der Waals surface area contributed by atoms with Gasteiger partial charge in [0.1, 0.15) is 0 Å². The van der Waals surface area contributed by atoms with Crippen molar-refractivity contribution in [1.82, 2.24) is 10.2 Å². The third kappa shape index (κ3) is 5.78. The standard InChI is InChI=1S/C13H25N3O2/c14-4-6-16-10-12(3-1-7-17)9-13(11-16)15-5-2-8-18/h12-13,15,17-18H,1-3,5-11H2. The Morgan fingerprint density at radius 2 is 2.00 bits per heavy atom. The summed E-state index contributed by atoms with van der Waals surface area (Å²) in [4.78, 5) is 2.18. The highest BCUT2D eigenvalue weighted by Crippen LogP contribution is 2.21. The number of hydrogen-bond acceptors (Lipinski definition) is 5. The van der Waals surface area contributed by atoms with Crippen molar-refractivity contribution in [2.75, 3.05) is 39.4 Å². The maximum absolute atomic E-state index is 8.90. The van der Waals surface area contributed by atoms with Crippen LogP contribution in [0.2, 0.25) is 0 Å². The monoisotopic (exact) mass is 255 g/mol. The Hall–Kier alpha value is -0.670. The first kappa shape index (κ1) is 15.4. The highest BCUT2D eigenvalue weighted by atomic mass is 16.3. The van der Waals surface area contributed by atoms with Crippen molar-refractivity contribution in [3.05, 3.63) is 0 Å². The molecule has 1 rings (SSSR count). The first-order valence-electron chi connectivity index (χ1n) is 6.84. The van der Waals surface area contributed by atoms with E-state index in [0.29, 0.717) is 18.5 Å². The van der Waals surface area contributed by atoms with Gasteiger partial charge < -0.3 is 15.5 Å². The summed E-state index contributed by atoms with van der Waals surface area (Å²) >= 11 is 0. The van der Waals surface area contributed by atoms with Crippen molar-refractivity contribution in [3.63, 3.8) is 0 Å². The first-order valence-corrected chi connectivity index (χ1v) is 6.84. The van der Waals surface area contributed by atoms with E-state index in [1.165, 1.54) is 0 Å². The molecule has 0 spiro atoms. The van der Waals surface area contributed by atoms with E-state index in [9.17, 15) is 0 Å². The van der Waals surface area contributed by atoms with Gasteiger partial charge in [0, 0.05) is 32.3 Å². The minimum Gasteiger partial charge on any atom is -0.396 e. The van der Waals surface area contributed by atoms with Gasteiger partial charge in [-0.05, 0) is 38.1 Å². The first-order chi connectivity index (χ1) is 8.80. The zero-order valence-electron chi connectivity index (χ0n) is 11.0. The van der Waals surface area contributed by atoms with Gasteiger partial charge in [0.05, 0.1) is 12.6 Å². The molecule has 1 saturated heterocycles. The van der Waals surface area contributed by atoms with Crippen LogP contribution in [0.1, 0.15) is 25.7 Å². The molecule has 0 aromatic rings. The van der Waals surface area contributed by atoms with Crippen LogP contribution in [0.3, 0.4) is 0 Å². The van der Waals surface area contributed by atoms with Gasteiger partial charge in [0.25, 0.3) is 0 Å². The van der Waals surface area contributed by atoms with Gasteiger partial charge >= 0.3 is 0 Å². The van der Waals surface area contributed by atoms with Crippen LogP contribution in [0.5, 0.6) is 0 Å². The van der Waals surface area contributed by atoms with Crippen molar-refractivity contribution in [2.45, 2.75) is 31.7 Å². The number of likely N-dealkylation sites (tertiary alicyclic amines) is 1. The second-order valence-corrected chi connectivity index (χ2v) is 5.05. The van der Waals surface area contributed by atoms with Gasteiger partial charge in [-0.2, -0.15) is 5.26 Å². The van der Waals surface area contributed by atoms with Crippen LogP contribution in [0.15, 0.2) is 0 Å². The molecule has 0 aromatic heterocycles. The molecule has 1 heterocycles. The SMILES string of the molecule is N#CCN1CC(CCCO)CC(NCCCO)C1. The minimum absolute atomic E-state index is 0.218. The molecule has 5 nitrogen and oxygen atoms in total. The summed E-state index contributed by atoms with van der Waals surface area (Å²) in [7, 11) is 0. The van der Waals surface area contributed by atoms with E-state index < -0.39 is 0 Å². The number of nitrogens with zero attached hydrogens (tertiary/aromatic N) is 2. The summed E-state index contributed by atoms with van der Waals surface area (Å²) in [6, 6.07) is 2.62. The fourth-order valence-electron chi connectivity index (χ4n) is 2.65. The van der Waals surface area contributed by atoms with Gasteiger partial charge in [0.2, 0.25) is 0 Å². The number of hydrogen-bond donors (Lipinski definition) is 3. The van der Waals surface area contributed by atoms with Gasteiger partial charge in [-0.15, -0.1) is 0 Å². The normalized spacial score (nSPS) is 24.9. The quantitative estimate of drug-likeness (QED) is 0.418. The van der Waals surface area contributed by atoms with Crippen molar-refractivity contribution in [3.8, 4) is 6.07 Å². The minimum atomic E-state index is 0.218. The summed E-state index contributed by atoms with van der Waals surface area (Å²) in [6.07, 6.45) is 3.74. The fraction of sp³-hybridized carbons (Fsp3) is 0.923. The average molecular weight is 255 g/mol. The molecule has 0 aromatic carbocycles. The van der Waals surface area contributed by atoms with Crippen LogP contribution in [0, 0.1) is 17.2 Å². The molecule has 0 amide bonds. The molecule has 5 heteroatoms. The highest BCUT2D eigenvalue weighted by molar-refractivity contribution is 4.87. The van der Waals surface area contributed by atoms with Crippen LogP contribution in [-0.4, -0.2) is 60.5 Å². The van der Waals surface area contributed by atoms with Crippen molar-refractivity contribution in [1.29, 1.82) is 5.26 Å². The van der Waals surface area contributed by atoms with E-state index in [2.05, 4.69) is 16.3 Å². The summed E-state index contributed by atoms with van der Waals surface area (Å²) in [5.74, 6) is 0.561. The molecule has 0 radical (unpaired) electrons. The Morgan fingerprint density at radius 1 is 1.22 bits per heavy atom. The molecule has 0 bridgehead atoms. The Balaban J connectivity index is 2.38. The van der Waals surface area contributed by atoms with Gasteiger partial charge in [-0.1, -0.05) is 0 Å². The Kier molecular flexibility index (Phi) is 7.94. The van der Waals surface area contributed by atoms with Gasteiger partial charge in [0.15, 0.2) is 0 Å². The Morgan fingerprint density at radius 3 is 2.67 bits per heavy atom. The lowest BCUT2D eigenvalue weighted by Gasteiger charge is -2.37. The molecule has 1 aliphatic heterocycles. The molecule has 104 valence electrons. The van der Waals surface area contributed by atoms with Crippen molar-refractivity contribution < 1.29 is 10.2 Å². The summed E-state index contributed by atoms with van der Waals surface area (Å²) in [5, 5.41) is 29.9. The molecule has 2 unspecified atom stereocenters. The van der Waals surface area contributed by atoms with Gasteiger partial charge in [-0.25, -0.2) is 0 Å². The van der Waals surface area contributed by atoms with Crippen LogP contribution in [0.4, 0.5) is 0 Å². The molecule has 1 fully saturated rings. The summed E-state index contributed by atoms with van der Waals surface area (Å²) in [5.41, 5.74) is 0. The van der Waals surface area contributed by atoms with E-state index in [-0.39, 0.29) is 13.2 Å². The van der Waals surface area contributed by atoms with E-state index in [1.807, 2.05) is 0 Å². The molecule has 0 aliphatic carbocycles. The maximum Gasteiger partial charge on any atom is 0.0866 e. The smallest absolute Gasteiger partial charge is 0.0866 e. The predicted molar refractivity (Wildman–Crippen MR) is 70.0 cm³/mol. The Bertz CT molecular complexity index is 255. The third-order valence-electron chi connectivity index (χ3n) is 3.45. The van der Waals surface area contributed by atoms with E-state index in [0.717, 1.165) is 45.3 Å². The number of aliphatic hydroxyl groups is 2.